The molecular weight excluding hydrogens is 478 g/mol. The quantitative estimate of drug-likeness (QED) is 0.297. The zero-order chi connectivity index (χ0) is 25.5. The molecule has 0 unspecified atom stereocenters. The number of anilines is 1. The second-order valence-corrected chi connectivity index (χ2v) is 9.51. The van der Waals surface area contributed by atoms with E-state index < -0.39 is 0 Å². The minimum absolute atomic E-state index is 0.0663. The summed E-state index contributed by atoms with van der Waals surface area (Å²) >= 11 is 0. The SMILES string of the molecule is O=C(Nc1cncc(-c2cnc3[nH]nc(-c4nc5c(-c6ccccn6)cncc5[nH]4)c3c2)c1)C1CCCC1. The molecule has 186 valence electrons. The normalized spacial score (nSPS) is 13.9. The largest absolute Gasteiger partial charge is 0.335 e. The Morgan fingerprint density at radius 2 is 1.82 bits per heavy atom. The third-order valence-corrected chi connectivity index (χ3v) is 7.04. The second kappa shape index (κ2) is 9.15. The number of carbonyl (C=O) groups excluding carboxylic acids is 1. The van der Waals surface area contributed by atoms with Crippen molar-refractivity contribution < 1.29 is 4.79 Å². The average Bonchev–Trinajstić information content (AvgIpc) is 3.73. The molecule has 0 saturated heterocycles. The van der Waals surface area contributed by atoms with Crippen LogP contribution in [-0.2, 0) is 4.79 Å². The summed E-state index contributed by atoms with van der Waals surface area (Å²) in [6.07, 6.45) is 14.6. The fourth-order valence-electron chi connectivity index (χ4n) is 5.09. The lowest BCUT2D eigenvalue weighted by Crippen LogP contribution is -2.20. The lowest BCUT2D eigenvalue weighted by molar-refractivity contribution is -0.119. The van der Waals surface area contributed by atoms with Gasteiger partial charge in [0.15, 0.2) is 11.5 Å². The Labute approximate surface area is 217 Å². The molecule has 10 heteroatoms. The molecule has 1 amide bonds. The number of nitrogens with zero attached hydrogens (tertiary/aromatic N) is 6. The van der Waals surface area contributed by atoms with E-state index >= 15 is 0 Å². The molecule has 0 spiro atoms. The van der Waals surface area contributed by atoms with Crippen molar-refractivity contribution in [3.8, 4) is 33.9 Å². The van der Waals surface area contributed by atoms with Crippen LogP contribution in [0.25, 0.3) is 56.0 Å². The number of imidazole rings is 1. The van der Waals surface area contributed by atoms with Gasteiger partial charge in [0.25, 0.3) is 0 Å². The molecule has 6 aromatic rings. The van der Waals surface area contributed by atoms with Crippen molar-refractivity contribution in [1.29, 1.82) is 0 Å². The molecule has 1 fully saturated rings. The molecule has 1 aliphatic rings. The van der Waals surface area contributed by atoms with Gasteiger partial charge in [-0.2, -0.15) is 5.10 Å². The van der Waals surface area contributed by atoms with Gasteiger partial charge in [-0.05, 0) is 37.1 Å². The summed E-state index contributed by atoms with van der Waals surface area (Å²) in [7, 11) is 0. The average molecular weight is 502 g/mol. The number of aromatic amines is 2. The fraction of sp³-hybridized carbons (Fsp3) is 0.179. The van der Waals surface area contributed by atoms with Gasteiger partial charge in [0.2, 0.25) is 5.91 Å². The van der Waals surface area contributed by atoms with Crippen LogP contribution in [0, 0.1) is 5.92 Å². The van der Waals surface area contributed by atoms with Crippen LogP contribution in [0.5, 0.6) is 0 Å². The standard InChI is InChI=1S/C28H23N9O/c38-28(16-5-1-2-6-16)33-19-9-17(11-29-13-19)18-10-20-25(36-37-26(20)32-12-18)27-34-23-15-30-14-21(24(23)35-27)22-7-3-4-8-31-22/h3-4,7-16H,1-2,5-6H2,(H,33,38)(H,34,35)(H,32,36,37). The first kappa shape index (κ1) is 22.2. The van der Waals surface area contributed by atoms with Gasteiger partial charge < -0.3 is 10.3 Å². The smallest absolute Gasteiger partial charge is 0.227 e. The Morgan fingerprint density at radius 3 is 2.68 bits per heavy atom. The van der Waals surface area contributed by atoms with Crippen molar-refractivity contribution in [3.63, 3.8) is 0 Å². The first-order valence-electron chi connectivity index (χ1n) is 12.6. The number of rotatable bonds is 5. The number of aromatic nitrogens is 8. The van der Waals surface area contributed by atoms with E-state index in [0.29, 0.717) is 22.9 Å². The summed E-state index contributed by atoms with van der Waals surface area (Å²) in [4.78, 5) is 38.6. The topological polar surface area (TPSA) is 138 Å². The van der Waals surface area contributed by atoms with Crippen LogP contribution < -0.4 is 5.32 Å². The number of hydrogen-bond donors (Lipinski definition) is 3. The summed E-state index contributed by atoms with van der Waals surface area (Å²) in [6.45, 7) is 0. The van der Waals surface area contributed by atoms with E-state index in [9.17, 15) is 4.79 Å². The molecule has 10 nitrogen and oxygen atoms in total. The van der Waals surface area contributed by atoms with E-state index in [1.807, 2.05) is 30.3 Å². The number of fused-ring (bicyclic) bond motifs is 2. The van der Waals surface area contributed by atoms with Crippen LogP contribution in [0.4, 0.5) is 5.69 Å². The minimum atomic E-state index is 0.0663. The third-order valence-electron chi connectivity index (χ3n) is 7.04. The minimum Gasteiger partial charge on any atom is -0.335 e. The zero-order valence-electron chi connectivity index (χ0n) is 20.3. The molecule has 0 aliphatic heterocycles. The molecule has 0 radical (unpaired) electrons. The van der Waals surface area contributed by atoms with Crippen LogP contribution in [0.15, 0.2) is 67.5 Å². The van der Waals surface area contributed by atoms with Crippen LogP contribution in [0.3, 0.4) is 0 Å². The highest BCUT2D eigenvalue weighted by molar-refractivity contribution is 5.97. The van der Waals surface area contributed by atoms with Gasteiger partial charge in [-0.15, -0.1) is 0 Å². The Balaban J connectivity index is 1.25. The monoisotopic (exact) mass is 501 g/mol. The first-order chi connectivity index (χ1) is 18.7. The van der Waals surface area contributed by atoms with Crippen molar-refractivity contribution in [2.24, 2.45) is 5.92 Å². The van der Waals surface area contributed by atoms with Gasteiger partial charge in [-0.25, -0.2) is 9.97 Å². The van der Waals surface area contributed by atoms with E-state index in [-0.39, 0.29) is 11.8 Å². The molecule has 0 atom stereocenters. The van der Waals surface area contributed by atoms with E-state index in [1.165, 1.54) is 0 Å². The Morgan fingerprint density at radius 1 is 0.947 bits per heavy atom. The highest BCUT2D eigenvalue weighted by Crippen LogP contribution is 2.32. The van der Waals surface area contributed by atoms with Crippen LogP contribution in [0.1, 0.15) is 25.7 Å². The number of nitrogens with one attached hydrogen (secondary N) is 3. The highest BCUT2D eigenvalue weighted by Gasteiger charge is 2.23. The number of amides is 1. The molecule has 3 N–H and O–H groups in total. The van der Waals surface area contributed by atoms with Gasteiger partial charge in [0.05, 0.1) is 34.7 Å². The first-order valence-corrected chi connectivity index (χ1v) is 12.6. The van der Waals surface area contributed by atoms with E-state index in [2.05, 4.69) is 40.4 Å². The van der Waals surface area contributed by atoms with Crippen LogP contribution in [0.2, 0.25) is 0 Å². The summed E-state index contributed by atoms with van der Waals surface area (Å²) in [5.74, 6) is 0.755. The molecule has 38 heavy (non-hydrogen) atoms. The number of H-pyrrole nitrogens is 2. The summed E-state index contributed by atoms with van der Waals surface area (Å²) in [5, 5.41) is 11.4. The summed E-state index contributed by atoms with van der Waals surface area (Å²) in [6, 6.07) is 9.68. The van der Waals surface area contributed by atoms with Crippen molar-refractivity contribution in [2.45, 2.75) is 25.7 Å². The maximum Gasteiger partial charge on any atom is 0.227 e. The van der Waals surface area contributed by atoms with Crippen LogP contribution >= 0.6 is 0 Å². The van der Waals surface area contributed by atoms with Gasteiger partial charge in [0, 0.05) is 47.4 Å². The van der Waals surface area contributed by atoms with E-state index in [1.54, 1.807) is 37.2 Å². The number of hydrogen-bond acceptors (Lipinski definition) is 7. The molecule has 1 aliphatic carbocycles. The molecule has 0 aromatic carbocycles. The molecule has 6 heterocycles. The predicted molar refractivity (Wildman–Crippen MR) is 144 cm³/mol. The third kappa shape index (κ3) is 3.96. The maximum atomic E-state index is 12.6. The fourth-order valence-corrected chi connectivity index (χ4v) is 5.09. The molecular formula is C28H23N9O. The Bertz CT molecular complexity index is 1780. The van der Waals surface area contributed by atoms with Crippen molar-refractivity contribution in [3.05, 3.63) is 67.5 Å². The van der Waals surface area contributed by atoms with Gasteiger partial charge in [-0.3, -0.25) is 24.8 Å². The Kier molecular flexibility index (Phi) is 5.35. The predicted octanol–water partition coefficient (Wildman–Crippen LogP) is 5.15. The second-order valence-electron chi connectivity index (χ2n) is 9.51. The van der Waals surface area contributed by atoms with E-state index in [0.717, 1.165) is 64.5 Å². The summed E-state index contributed by atoms with van der Waals surface area (Å²) < 4.78 is 0. The van der Waals surface area contributed by atoms with Crippen molar-refractivity contribution in [2.75, 3.05) is 5.32 Å². The summed E-state index contributed by atoms with van der Waals surface area (Å²) in [5.41, 5.74) is 6.88. The molecule has 7 rings (SSSR count). The lowest BCUT2D eigenvalue weighted by Gasteiger charge is -2.11. The van der Waals surface area contributed by atoms with Gasteiger partial charge >= 0.3 is 0 Å². The van der Waals surface area contributed by atoms with Crippen molar-refractivity contribution in [1.82, 2.24) is 40.1 Å². The van der Waals surface area contributed by atoms with E-state index in [4.69, 9.17) is 4.98 Å². The van der Waals surface area contributed by atoms with Gasteiger partial charge in [0.1, 0.15) is 11.2 Å². The lowest BCUT2D eigenvalue weighted by atomic mass is 10.1. The Hall–Kier alpha value is -4.99. The van der Waals surface area contributed by atoms with Gasteiger partial charge in [-0.1, -0.05) is 18.9 Å². The van der Waals surface area contributed by atoms with Crippen molar-refractivity contribution >= 4 is 33.7 Å². The highest BCUT2D eigenvalue weighted by atomic mass is 16.1. The molecule has 0 bridgehead atoms. The number of carbonyl (C=O) groups is 1. The zero-order valence-corrected chi connectivity index (χ0v) is 20.3. The maximum absolute atomic E-state index is 12.6. The van der Waals surface area contributed by atoms with Crippen LogP contribution in [-0.4, -0.2) is 46.0 Å². The number of pyridine rings is 4. The molecule has 6 aromatic heterocycles. The molecule has 1 saturated carbocycles.